The number of esters is 1. The molecule has 0 fully saturated rings. The number of carboxylic acid groups (broad SMARTS) is 1. The van der Waals surface area contributed by atoms with Gasteiger partial charge in [-0.15, -0.1) is 0 Å². The first-order valence-electron chi connectivity index (χ1n) is 6.04. The zero-order valence-electron chi connectivity index (χ0n) is 10.0. The van der Waals surface area contributed by atoms with Crippen molar-refractivity contribution in [2.75, 3.05) is 6.61 Å². The third-order valence-electron chi connectivity index (χ3n) is 2.25. The van der Waals surface area contributed by atoms with E-state index >= 15 is 0 Å². The molecule has 0 aliphatic rings. The first-order chi connectivity index (χ1) is 7.66. The van der Waals surface area contributed by atoms with Crippen LogP contribution in [0.15, 0.2) is 0 Å². The average Bonchev–Trinajstić information content (AvgIpc) is 2.22. The molecule has 0 unspecified atom stereocenters. The van der Waals surface area contributed by atoms with E-state index in [2.05, 4.69) is 0 Å². The van der Waals surface area contributed by atoms with Crippen molar-refractivity contribution in [1.82, 2.24) is 0 Å². The Balaban J connectivity index is 3.09. The Kier molecular flexibility index (Phi) is 9.76. The number of rotatable bonds is 10. The maximum atomic E-state index is 11.0. The second-order valence-electron chi connectivity index (χ2n) is 3.88. The fourth-order valence-corrected chi connectivity index (χ4v) is 1.37. The van der Waals surface area contributed by atoms with Crippen LogP contribution in [0.1, 0.15) is 58.3 Å². The predicted octanol–water partition coefficient (Wildman–Crippen LogP) is 2.75. The molecule has 0 aromatic heterocycles. The van der Waals surface area contributed by atoms with Gasteiger partial charge in [-0.2, -0.15) is 0 Å². The molecule has 94 valence electrons. The van der Waals surface area contributed by atoms with E-state index in [-0.39, 0.29) is 12.4 Å². The summed E-state index contributed by atoms with van der Waals surface area (Å²) in [6.07, 6.45) is 6.15. The lowest BCUT2D eigenvalue weighted by Gasteiger charge is -2.03. The molecule has 1 N–H and O–H groups in total. The first kappa shape index (κ1) is 14.9. The van der Waals surface area contributed by atoms with Gasteiger partial charge in [-0.25, -0.2) is 0 Å². The van der Waals surface area contributed by atoms with Gasteiger partial charge in [0.25, 0.3) is 0 Å². The number of aliphatic carboxylic acids is 1. The van der Waals surface area contributed by atoms with Gasteiger partial charge in [-0.05, 0) is 19.3 Å². The minimum Gasteiger partial charge on any atom is -0.481 e. The molecule has 4 heteroatoms. The molecule has 0 aromatic carbocycles. The number of carboxylic acids is 1. The van der Waals surface area contributed by atoms with E-state index in [0.29, 0.717) is 13.0 Å². The van der Waals surface area contributed by atoms with Crippen LogP contribution >= 0.6 is 0 Å². The third-order valence-corrected chi connectivity index (χ3v) is 2.25. The Morgan fingerprint density at radius 3 is 2.25 bits per heavy atom. The highest BCUT2D eigenvalue weighted by molar-refractivity contribution is 5.69. The Morgan fingerprint density at radius 2 is 1.62 bits per heavy atom. The summed E-state index contributed by atoms with van der Waals surface area (Å²) in [5.74, 6) is -0.845. The molecule has 0 heterocycles. The molecule has 0 aromatic rings. The van der Waals surface area contributed by atoms with Crippen LogP contribution in [0.4, 0.5) is 0 Å². The zero-order valence-corrected chi connectivity index (χ0v) is 10.0. The van der Waals surface area contributed by atoms with Gasteiger partial charge in [0.05, 0.1) is 6.61 Å². The molecule has 0 amide bonds. The van der Waals surface area contributed by atoms with E-state index < -0.39 is 5.97 Å². The highest BCUT2D eigenvalue weighted by Crippen LogP contribution is 2.05. The fourth-order valence-electron chi connectivity index (χ4n) is 1.37. The lowest BCUT2D eigenvalue weighted by atomic mass is 10.1. The van der Waals surface area contributed by atoms with Crippen molar-refractivity contribution in [2.45, 2.75) is 58.3 Å². The Morgan fingerprint density at radius 1 is 1.00 bits per heavy atom. The van der Waals surface area contributed by atoms with Crippen molar-refractivity contribution in [1.29, 1.82) is 0 Å². The molecule has 0 aliphatic carbocycles. The molecule has 0 rings (SSSR count). The Bertz CT molecular complexity index is 201. The van der Waals surface area contributed by atoms with Crippen molar-refractivity contribution in [3.05, 3.63) is 0 Å². The Labute approximate surface area is 97.0 Å². The molecule has 0 atom stereocenters. The number of carbonyl (C=O) groups excluding carboxylic acids is 1. The minimum absolute atomic E-state index is 0.117. The summed E-state index contributed by atoms with van der Waals surface area (Å²) < 4.78 is 4.99. The van der Waals surface area contributed by atoms with Crippen molar-refractivity contribution >= 4 is 11.9 Å². The SMILES string of the molecule is CCCC(=O)OCCCCCCCC(=O)O. The van der Waals surface area contributed by atoms with Gasteiger partial charge in [-0.1, -0.05) is 26.2 Å². The summed E-state index contributed by atoms with van der Waals surface area (Å²) in [5.41, 5.74) is 0. The maximum absolute atomic E-state index is 11.0. The summed E-state index contributed by atoms with van der Waals surface area (Å²) >= 11 is 0. The first-order valence-corrected chi connectivity index (χ1v) is 6.04. The van der Waals surface area contributed by atoms with E-state index in [1.165, 1.54) is 0 Å². The van der Waals surface area contributed by atoms with Crippen LogP contribution in [0.2, 0.25) is 0 Å². The Hall–Kier alpha value is -1.06. The maximum Gasteiger partial charge on any atom is 0.305 e. The van der Waals surface area contributed by atoms with Crippen molar-refractivity contribution in [2.24, 2.45) is 0 Å². The highest BCUT2D eigenvalue weighted by atomic mass is 16.5. The average molecular weight is 230 g/mol. The van der Waals surface area contributed by atoms with E-state index in [9.17, 15) is 9.59 Å². The smallest absolute Gasteiger partial charge is 0.305 e. The van der Waals surface area contributed by atoms with Crippen molar-refractivity contribution in [3.63, 3.8) is 0 Å². The van der Waals surface area contributed by atoms with Crippen LogP contribution in [0.3, 0.4) is 0 Å². The molecular formula is C12H22O4. The van der Waals surface area contributed by atoms with Crippen LogP contribution < -0.4 is 0 Å². The lowest BCUT2D eigenvalue weighted by molar-refractivity contribution is -0.143. The quantitative estimate of drug-likeness (QED) is 0.463. The van der Waals surface area contributed by atoms with E-state index in [4.69, 9.17) is 9.84 Å². The van der Waals surface area contributed by atoms with Crippen molar-refractivity contribution < 1.29 is 19.4 Å². The number of ether oxygens (including phenoxy) is 1. The summed E-state index contributed by atoms with van der Waals surface area (Å²) in [6, 6.07) is 0. The molecule has 0 radical (unpaired) electrons. The number of hydrogen-bond acceptors (Lipinski definition) is 3. The molecular weight excluding hydrogens is 208 g/mol. The summed E-state index contributed by atoms with van der Waals surface area (Å²) in [5, 5.41) is 8.41. The number of unbranched alkanes of at least 4 members (excludes halogenated alkanes) is 4. The van der Waals surface area contributed by atoms with Gasteiger partial charge < -0.3 is 9.84 Å². The van der Waals surface area contributed by atoms with E-state index in [0.717, 1.165) is 38.5 Å². The van der Waals surface area contributed by atoms with Gasteiger partial charge in [0.15, 0.2) is 0 Å². The number of hydrogen-bond donors (Lipinski definition) is 1. The van der Waals surface area contributed by atoms with Crippen LogP contribution in [-0.4, -0.2) is 23.7 Å². The third kappa shape index (κ3) is 11.0. The highest BCUT2D eigenvalue weighted by Gasteiger charge is 2.00. The van der Waals surface area contributed by atoms with Crippen molar-refractivity contribution in [3.8, 4) is 0 Å². The molecule has 0 saturated heterocycles. The van der Waals surface area contributed by atoms with Crippen LogP contribution in [0, 0.1) is 0 Å². The van der Waals surface area contributed by atoms with Crippen LogP contribution in [0.5, 0.6) is 0 Å². The topological polar surface area (TPSA) is 63.6 Å². The molecule has 0 aliphatic heterocycles. The standard InChI is InChI=1S/C12H22O4/c1-2-8-12(15)16-10-7-5-3-4-6-9-11(13)14/h2-10H2,1H3,(H,13,14). The van der Waals surface area contributed by atoms with Gasteiger partial charge >= 0.3 is 11.9 Å². The summed E-state index contributed by atoms with van der Waals surface area (Å²) in [6.45, 7) is 2.45. The summed E-state index contributed by atoms with van der Waals surface area (Å²) in [4.78, 5) is 21.2. The molecule has 0 saturated carbocycles. The van der Waals surface area contributed by atoms with Gasteiger partial charge in [0.1, 0.15) is 0 Å². The van der Waals surface area contributed by atoms with Gasteiger partial charge in [-0.3, -0.25) is 9.59 Å². The molecule has 0 spiro atoms. The summed E-state index contributed by atoms with van der Waals surface area (Å²) in [7, 11) is 0. The fraction of sp³-hybridized carbons (Fsp3) is 0.833. The van der Waals surface area contributed by atoms with Gasteiger partial charge in [0, 0.05) is 12.8 Å². The largest absolute Gasteiger partial charge is 0.481 e. The van der Waals surface area contributed by atoms with E-state index in [1.54, 1.807) is 0 Å². The normalized spacial score (nSPS) is 10.1. The molecule has 0 bridgehead atoms. The second kappa shape index (κ2) is 10.5. The zero-order chi connectivity index (χ0) is 12.2. The second-order valence-corrected chi connectivity index (χ2v) is 3.88. The molecule has 4 nitrogen and oxygen atoms in total. The predicted molar refractivity (Wildman–Crippen MR) is 61.2 cm³/mol. The van der Waals surface area contributed by atoms with Gasteiger partial charge in [0.2, 0.25) is 0 Å². The van der Waals surface area contributed by atoms with Crippen LogP contribution in [0.25, 0.3) is 0 Å². The monoisotopic (exact) mass is 230 g/mol. The lowest BCUT2D eigenvalue weighted by Crippen LogP contribution is -2.04. The molecule has 16 heavy (non-hydrogen) atoms. The minimum atomic E-state index is -0.728. The van der Waals surface area contributed by atoms with E-state index in [1.807, 2.05) is 6.92 Å². The van der Waals surface area contributed by atoms with Crippen LogP contribution in [-0.2, 0) is 14.3 Å². The number of carbonyl (C=O) groups is 2.